The van der Waals surface area contributed by atoms with Gasteiger partial charge in [-0.2, -0.15) is 0 Å². The van der Waals surface area contributed by atoms with Crippen molar-refractivity contribution in [3.05, 3.63) is 57.5 Å². The van der Waals surface area contributed by atoms with Gasteiger partial charge in [0.1, 0.15) is 5.76 Å². The quantitative estimate of drug-likeness (QED) is 0.841. The van der Waals surface area contributed by atoms with Gasteiger partial charge in [-0.3, -0.25) is 0 Å². The Morgan fingerprint density at radius 2 is 2.00 bits per heavy atom. The molecule has 19 heavy (non-hydrogen) atoms. The lowest BCUT2D eigenvalue weighted by Gasteiger charge is -2.19. The van der Waals surface area contributed by atoms with Crippen LogP contribution in [0.1, 0.15) is 36.3 Å². The lowest BCUT2D eigenvalue weighted by molar-refractivity contribution is 0.517. The number of aryl methyl sites for hydroxylation is 1. The molecule has 0 fully saturated rings. The highest BCUT2D eigenvalue weighted by Gasteiger charge is 2.18. The molecular weight excluding hydrogens is 281 g/mol. The first kappa shape index (κ1) is 14.4. The molecule has 1 N–H and O–H groups in total. The zero-order chi connectivity index (χ0) is 13.8. The molecule has 0 spiro atoms. The third kappa shape index (κ3) is 3.33. The van der Waals surface area contributed by atoms with Crippen molar-refractivity contribution in [3.8, 4) is 0 Å². The van der Waals surface area contributed by atoms with Gasteiger partial charge in [0, 0.05) is 5.56 Å². The maximum Gasteiger partial charge on any atom is 0.105 e. The molecule has 0 bridgehead atoms. The van der Waals surface area contributed by atoms with Crippen LogP contribution in [0.2, 0.25) is 10.0 Å². The van der Waals surface area contributed by atoms with Crippen molar-refractivity contribution < 1.29 is 4.42 Å². The largest absolute Gasteiger partial charge is 0.469 e. The van der Waals surface area contributed by atoms with Crippen LogP contribution in [0.25, 0.3) is 0 Å². The molecule has 0 saturated carbocycles. The van der Waals surface area contributed by atoms with Gasteiger partial charge in [-0.25, -0.2) is 0 Å². The summed E-state index contributed by atoms with van der Waals surface area (Å²) in [6.07, 6.45) is 2.78. The Morgan fingerprint density at radius 1 is 1.21 bits per heavy atom. The van der Waals surface area contributed by atoms with Crippen LogP contribution in [0.3, 0.4) is 0 Å². The van der Waals surface area contributed by atoms with E-state index < -0.39 is 0 Å². The molecule has 0 aliphatic rings. The van der Waals surface area contributed by atoms with E-state index in [0.717, 1.165) is 29.9 Å². The maximum atomic E-state index is 6.11. The van der Waals surface area contributed by atoms with Crippen LogP contribution >= 0.6 is 23.2 Å². The summed E-state index contributed by atoms with van der Waals surface area (Å²) in [4.78, 5) is 0. The Labute approximate surface area is 123 Å². The van der Waals surface area contributed by atoms with Crippen LogP contribution in [0.15, 0.2) is 34.9 Å². The molecule has 2 nitrogen and oxygen atoms in total. The first-order chi connectivity index (χ1) is 9.13. The van der Waals surface area contributed by atoms with Crippen LogP contribution in [0.4, 0.5) is 0 Å². The molecule has 102 valence electrons. The van der Waals surface area contributed by atoms with Crippen LogP contribution in [-0.2, 0) is 0 Å². The second kappa shape index (κ2) is 6.47. The third-order valence-corrected chi connectivity index (χ3v) is 3.82. The van der Waals surface area contributed by atoms with Gasteiger partial charge in [-0.05, 0) is 43.7 Å². The smallest absolute Gasteiger partial charge is 0.105 e. The lowest BCUT2D eigenvalue weighted by Crippen LogP contribution is -2.23. The Balaban J connectivity index is 2.37. The van der Waals surface area contributed by atoms with Crippen molar-refractivity contribution in [1.29, 1.82) is 0 Å². The van der Waals surface area contributed by atoms with Gasteiger partial charge in [0.15, 0.2) is 0 Å². The number of rotatable bonds is 5. The van der Waals surface area contributed by atoms with Crippen LogP contribution < -0.4 is 5.32 Å². The highest BCUT2D eigenvalue weighted by Crippen LogP contribution is 2.30. The number of hydrogen-bond acceptors (Lipinski definition) is 2. The van der Waals surface area contributed by atoms with Crippen molar-refractivity contribution in [2.75, 3.05) is 6.54 Å². The van der Waals surface area contributed by atoms with Crippen LogP contribution in [0.5, 0.6) is 0 Å². The van der Waals surface area contributed by atoms with E-state index in [0.29, 0.717) is 10.0 Å². The van der Waals surface area contributed by atoms with Crippen LogP contribution in [-0.4, -0.2) is 6.54 Å². The van der Waals surface area contributed by atoms with Gasteiger partial charge in [0.25, 0.3) is 0 Å². The summed E-state index contributed by atoms with van der Waals surface area (Å²) >= 11 is 12.1. The third-order valence-electron chi connectivity index (χ3n) is 3.09. The van der Waals surface area contributed by atoms with E-state index in [1.165, 1.54) is 0 Å². The fourth-order valence-corrected chi connectivity index (χ4v) is 2.39. The van der Waals surface area contributed by atoms with Gasteiger partial charge in [0.2, 0.25) is 0 Å². The highest BCUT2D eigenvalue weighted by molar-refractivity contribution is 6.42. The molecule has 1 unspecified atom stereocenters. The first-order valence-electron chi connectivity index (χ1n) is 6.35. The van der Waals surface area contributed by atoms with Crippen molar-refractivity contribution in [3.63, 3.8) is 0 Å². The average Bonchev–Trinajstić information content (AvgIpc) is 2.80. The fourth-order valence-electron chi connectivity index (χ4n) is 2.08. The maximum absolute atomic E-state index is 6.11. The van der Waals surface area contributed by atoms with E-state index in [9.17, 15) is 0 Å². The van der Waals surface area contributed by atoms with Crippen molar-refractivity contribution in [2.24, 2.45) is 0 Å². The minimum Gasteiger partial charge on any atom is -0.469 e. The van der Waals surface area contributed by atoms with E-state index in [1.807, 2.05) is 31.2 Å². The monoisotopic (exact) mass is 297 g/mol. The number of nitrogens with one attached hydrogen (secondary N) is 1. The van der Waals surface area contributed by atoms with E-state index in [1.54, 1.807) is 6.26 Å². The van der Waals surface area contributed by atoms with Gasteiger partial charge in [-0.15, -0.1) is 0 Å². The van der Waals surface area contributed by atoms with Crippen molar-refractivity contribution >= 4 is 23.2 Å². The summed E-state index contributed by atoms with van der Waals surface area (Å²) < 4.78 is 5.40. The number of furan rings is 1. The molecule has 4 heteroatoms. The summed E-state index contributed by atoms with van der Waals surface area (Å²) in [5, 5.41) is 4.66. The minimum absolute atomic E-state index is 0.0773. The molecule has 0 radical (unpaired) electrons. The highest BCUT2D eigenvalue weighted by atomic mass is 35.5. The zero-order valence-electron chi connectivity index (χ0n) is 11.0. The van der Waals surface area contributed by atoms with Crippen molar-refractivity contribution in [2.45, 2.75) is 26.3 Å². The lowest BCUT2D eigenvalue weighted by atomic mass is 9.99. The Morgan fingerprint density at radius 3 is 2.58 bits per heavy atom. The molecule has 0 saturated heterocycles. The topological polar surface area (TPSA) is 25.2 Å². The van der Waals surface area contributed by atoms with Gasteiger partial charge in [0.05, 0.1) is 22.4 Å². The predicted molar refractivity (Wildman–Crippen MR) is 80.0 cm³/mol. The second-order valence-corrected chi connectivity index (χ2v) is 5.31. The average molecular weight is 298 g/mol. The first-order valence-corrected chi connectivity index (χ1v) is 7.11. The number of hydrogen-bond donors (Lipinski definition) is 1. The second-order valence-electron chi connectivity index (χ2n) is 4.49. The van der Waals surface area contributed by atoms with Gasteiger partial charge in [-0.1, -0.05) is 36.2 Å². The van der Waals surface area contributed by atoms with Crippen molar-refractivity contribution in [1.82, 2.24) is 5.32 Å². The summed E-state index contributed by atoms with van der Waals surface area (Å²) in [6.45, 7) is 5.03. The molecule has 0 aliphatic heterocycles. The van der Waals surface area contributed by atoms with Gasteiger partial charge >= 0.3 is 0 Å². The molecule has 0 amide bonds. The Kier molecular flexibility index (Phi) is 4.92. The molecule has 2 aromatic rings. The van der Waals surface area contributed by atoms with E-state index in [-0.39, 0.29) is 6.04 Å². The number of halogens is 2. The van der Waals surface area contributed by atoms with E-state index in [2.05, 4.69) is 12.2 Å². The predicted octanol–water partition coefficient (Wildman–Crippen LogP) is 4.98. The summed E-state index contributed by atoms with van der Waals surface area (Å²) in [5.41, 5.74) is 2.22. The summed E-state index contributed by atoms with van der Waals surface area (Å²) in [5.74, 6) is 0.916. The molecule has 1 heterocycles. The molecule has 1 aromatic heterocycles. The molecular formula is C15H17Cl2NO. The standard InChI is InChI=1S/C15H17Cl2NO/c1-3-7-18-15(12-6-8-19-10(12)2)11-4-5-13(16)14(17)9-11/h4-6,8-9,15,18H,3,7H2,1-2H3. The fraction of sp³-hybridized carbons (Fsp3) is 0.333. The number of benzene rings is 1. The Bertz CT molecular complexity index is 551. The van der Waals surface area contributed by atoms with Crippen LogP contribution in [0, 0.1) is 6.92 Å². The van der Waals surface area contributed by atoms with Gasteiger partial charge < -0.3 is 9.73 Å². The normalized spacial score (nSPS) is 12.6. The zero-order valence-corrected chi connectivity index (χ0v) is 12.6. The Hall–Kier alpha value is -0.960. The molecule has 1 atom stereocenters. The van der Waals surface area contributed by atoms with E-state index >= 15 is 0 Å². The summed E-state index contributed by atoms with van der Waals surface area (Å²) in [7, 11) is 0. The molecule has 1 aromatic carbocycles. The minimum atomic E-state index is 0.0773. The summed E-state index contributed by atoms with van der Waals surface area (Å²) in [6, 6.07) is 7.80. The van der Waals surface area contributed by atoms with E-state index in [4.69, 9.17) is 27.6 Å². The molecule has 0 aliphatic carbocycles. The SMILES string of the molecule is CCCNC(c1ccc(Cl)c(Cl)c1)c1ccoc1C. The molecule has 2 rings (SSSR count).